The van der Waals surface area contributed by atoms with Gasteiger partial charge in [0.1, 0.15) is 26.4 Å². The Balaban J connectivity index is 3.77. The molecule has 0 aromatic rings. The zero-order valence-electron chi connectivity index (χ0n) is 14.7. The van der Waals surface area contributed by atoms with Crippen LogP contribution in [0.3, 0.4) is 0 Å². The number of nitrogens with one attached hydrogen (secondary N) is 1. The van der Waals surface area contributed by atoms with Gasteiger partial charge in [0.2, 0.25) is 0 Å². The minimum Gasteiger partial charge on any atom is -0.462 e. The van der Waals surface area contributed by atoms with E-state index in [-0.39, 0.29) is 52.9 Å². The summed E-state index contributed by atoms with van der Waals surface area (Å²) in [5, 5.41) is 29.0. The second-order valence-corrected chi connectivity index (χ2v) is 4.52. The predicted octanol–water partition coefficient (Wildman–Crippen LogP) is -1.93. The molecule has 1 amide bonds. The largest absolute Gasteiger partial charge is 0.462 e. The number of nitrogens with zero attached hydrogens (tertiary/aromatic N) is 2. The van der Waals surface area contributed by atoms with Gasteiger partial charge in [0.05, 0.1) is 33.0 Å². The fourth-order valence-corrected chi connectivity index (χ4v) is 1.40. The molecule has 0 radical (unpaired) electrons. The fourth-order valence-electron chi connectivity index (χ4n) is 1.40. The van der Waals surface area contributed by atoms with Crippen molar-refractivity contribution in [2.24, 2.45) is 0 Å². The van der Waals surface area contributed by atoms with Crippen LogP contribution in [0.4, 0.5) is 4.79 Å². The van der Waals surface area contributed by atoms with Crippen LogP contribution >= 0.6 is 0 Å². The van der Waals surface area contributed by atoms with E-state index in [9.17, 15) is 29.8 Å². The van der Waals surface area contributed by atoms with Gasteiger partial charge in [-0.1, -0.05) is 0 Å². The molecule has 0 aliphatic rings. The number of ether oxygens (including phenoxy) is 4. The summed E-state index contributed by atoms with van der Waals surface area (Å²) in [6.45, 7) is -2.05. The highest BCUT2D eigenvalue weighted by atomic mass is 17.0. The summed E-state index contributed by atoms with van der Waals surface area (Å²) in [6, 6.07) is -1.38. The number of rotatable bonds is 17. The predicted molar refractivity (Wildman–Crippen MR) is 83.8 cm³/mol. The zero-order valence-corrected chi connectivity index (χ0v) is 14.7. The molecule has 0 rings (SSSR count). The van der Waals surface area contributed by atoms with Crippen LogP contribution in [0.2, 0.25) is 0 Å². The minimum atomic E-state index is -1.38. The first kappa shape index (κ1) is 25.0. The average Bonchev–Trinajstić information content (AvgIpc) is 2.63. The molecule has 16 heteroatoms. The van der Waals surface area contributed by atoms with Crippen LogP contribution in [0, 0.1) is 20.2 Å². The van der Waals surface area contributed by atoms with Gasteiger partial charge in [-0.25, -0.2) is 9.59 Å². The van der Waals surface area contributed by atoms with Crippen molar-refractivity contribution in [3.05, 3.63) is 20.2 Å². The molecule has 0 aromatic heterocycles. The van der Waals surface area contributed by atoms with Crippen molar-refractivity contribution in [3.8, 4) is 0 Å². The molecule has 0 heterocycles. The summed E-state index contributed by atoms with van der Waals surface area (Å²) < 4.78 is 19.2. The molecule has 1 atom stereocenters. The van der Waals surface area contributed by atoms with Gasteiger partial charge in [-0.2, -0.15) is 0 Å². The smallest absolute Gasteiger partial charge is 0.408 e. The summed E-state index contributed by atoms with van der Waals surface area (Å²) in [7, 11) is 0. The molecular formula is C12H21N3O13. The first-order valence-corrected chi connectivity index (χ1v) is 7.77. The Bertz CT molecular complexity index is 489. The lowest BCUT2D eigenvalue weighted by Crippen LogP contribution is -2.45. The number of esters is 1. The first-order chi connectivity index (χ1) is 13.4. The number of hydrogen-bond acceptors (Lipinski definition) is 13. The van der Waals surface area contributed by atoms with E-state index in [1.807, 2.05) is 0 Å². The van der Waals surface area contributed by atoms with E-state index in [2.05, 4.69) is 19.7 Å². The van der Waals surface area contributed by atoms with Crippen molar-refractivity contribution < 1.29 is 53.5 Å². The van der Waals surface area contributed by atoms with Gasteiger partial charge >= 0.3 is 12.1 Å². The molecule has 16 nitrogen and oxygen atoms in total. The number of aliphatic hydroxyl groups is 1. The number of alkyl carbamates (subject to hydrolysis) is 1. The lowest BCUT2D eigenvalue weighted by molar-refractivity contribution is -0.758. The van der Waals surface area contributed by atoms with Gasteiger partial charge < -0.3 is 39.0 Å². The van der Waals surface area contributed by atoms with Gasteiger partial charge in [0, 0.05) is 0 Å². The summed E-state index contributed by atoms with van der Waals surface area (Å²) in [6.07, 6.45) is -1.02. The Hall–Kier alpha value is -2.98. The third-order valence-corrected chi connectivity index (χ3v) is 2.54. The quantitative estimate of drug-likeness (QED) is 0.115. The van der Waals surface area contributed by atoms with E-state index in [0.29, 0.717) is 0 Å². The Morgan fingerprint density at radius 2 is 1.29 bits per heavy atom. The van der Waals surface area contributed by atoms with E-state index < -0.39 is 34.9 Å². The number of carbonyl (C=O) groups is 2. The molecule has 1 unspecified atom stereocenters. The van der Waals surface area contributed by atoms with Gasteiger partial charge in [0.15, 0.2) is 6.04 Å². The fraction of sp³-hybridized carbons (Fsp3) is 0.833. The van der Waals surface area contributed by atoms with Crippen molar-refractivity contribution in [1.82, 2.24) is 5.32 Å². The maximum absolute atomic E-state index is 11.7. The monoisotopic (exact) mass is 415 g/mol. The summed E-state index contributed by atoms with van der Waals surface area (Å²) in [5.41, 5.74) is 0. The molecule has 0 aromatic carbocycles. The van der Waals surface area contributed by atoms with Crippen LogP contribution in [0.1, 0.15) is 0 Å². The van der Waals surface area contributed by atoms with E-state index in [1.54, 1.807) is 0 Å². The summed E-state index contributed by atoms with van der Waals surface area (Å²) >= 11 is 0. The van der Waals surface area contributed by atoms with Crippen molar-refractivity contribution >= 4 is 12.1 Å². The highest BCUT2D eigenvalue weighted by molar-refractivity contribution is 5.81. The normalized spacial score (nSPS) is 11.2. The van der Waals surface area contributed by atoms with Crippen LogP contribution in [0.15, 0.2) is 0 Å². The molecule has 0 aliphatic heterocycles. The molecule has 0 saturated heterocycles. The van der Waals surface area contributed by atoms with Gasteiger partial charge in [-0.3, -0.25) is 0 Å². The molecule has 162 valence electrons. The number of hydrogen-bond donors (Lipinski definition) is 2. The highest BCUT2D eigenvalue weighted by Gasteiger charge is 2.22. The Morgan fingerprint density at radius 1 is 0.821 bits per heavy atom. The Labute approximate surface area is 157 Å². The topological polar surface area (TPSA) is 208 Å². The minimum absolute atomic E-state index is 0.0692. The van der Waals surface area contributed by atoms with Crippen LogP contribution in [0.25, 0.3) is 0 Å². The summed E-state index contributed by atoms with van der Waals surface area (Å²) in [5.74, 6) is -0.947. The standard InChI is InChI=1S/C12H21N3O13/c16-9-10(11(17)25-5-1-23-3-7-27-14(19)20)13-12(18)26-6-2-24-4-8-28-15(21)22/h10,16H,1-9H2,(H,13,18). The second kappa shape index (κ2) is 16.2. The van der Waals surface area contributed by atoms with Crippen molar-refractivity contribution in [2.45, 2.75) is 6.04 Å². The number of carbonyl (C=O) groups excluding carboxylic acids is 2. The van der Waals surface area contributed by atoms with E-state index >= 15 is 0 Å². The lowest BCUT2D eigenvalue weighted by atomic mass is 10.3. The SMILES string of the molecule is O=C(NC(CO)C(=O)OCCOCCO[N+](=O)[O-])OCCOCCO[N+](=O)[O-]. The zero-order chi connectivity index (χ0) is 21.2. The molecule has 0 spiro atoms. The first-order valence-electron chi connectivity index (χ1n) is 7.77. The molecule has 0 fully saturated rings. The summed E-state index contributed by atoms with van der Waals surface area (Å²) in [4.78, 5) is 50.9. The van der Waals surface area contributed by atoms with Gasteiger partial charge in [0.25, 0.3) is 10.2 Å². The van der Waals surface area contributed by atoms with Crippen LogP contribution < -0.4 is 5.32 Å². The van der Waals surface area contributed by atoms with E-state index in [1.165, 1.54) is 0 Å². The average molecular weight is 415 g/mol. The maximum Gasteiger partial charge on any atom is 0.408 e. The van der Waals surface area contributed by atoms with E-state index in [0.717, 1.165) is 0 Å². The Kier molecular flexibility index (Phi) is 14.5. The molecule has 28 heavy (non-hydrogen) atoms. The second-order valence-electron chi connectivity index (χ2n) is 4.52. The van der Waals surface area contributed by atoms with E-state index in [4.69, 9.17) is 19.3 Å². The maximum atomic E-state index is 11.7. The molecular weight excluding hydrogens is 394 g/mol. The van der Waals surface area contributed by atoms with Crippen molar-refractivity contribution in [3.63, 3.8) is 0 Å². The van der Waals surface area contributed by atoms with Crippen molar-refractivity contribution in [1.29, 1.82) is 0 Å². The molecule has 0 bridgehead atoms. The number of amides is 1. The molecule has 0 aliphatic carbocycles. The third kappa shape index (κ3) is 15.3. The van der Waals surface area contributed by atoms with Crippen LogP contribution in [-0.2, 0) is 33.4 Å². The van der Waals surface area contributed by atoms with Gasteiger partial charge in [-0.15, -0.1) is 20.2 Å². The van der Waals surface area contributed by atoms with Crippen LogP contribution in [-0.4, -0.2) is 92.8 Å². The van der Waals surface area contributed by atoms with Gasteiger partial charge in [-0.05, 0) is 0 Å². The lowest BCUT2D eigenvalue weighted by Gasteiger charge is -2.15. The highest BCUT2D eigenvalue weighted by Crippen LogP contribution is 1.92. The Morgan fingerprint density at radius 3 is 1.75 bits per heavy atom. The molecule has 0 saturated carbocycles. The van der Waals surface area contributed by atoms with Crippen molar-refractivity contribution in [2.75, 3.05) is 59.5 Å². The third-order valence-electron chi connectivity index (χ3n) is 2.54. The molecule has 2 N–H and O–H groups in total. The van der Waals surface area contributed by atoms with Crippen LogP contribution in [0.5, 0.6) is 0 Å². The number of aliphatic hydroxyl groups excluding tert-OH is 1.